The van der Waals surface area contributed by atoms with Crippen molar-refractivity contribution in [2.45, 2.75) is 79.8 Å². The van der Waals surface area contributed by atoms with Crippen LogP contribution in [0.1, 0.15) is 81.3 Å². The van der Waals surface area contributed by atoms with Gasteiger partial charge in [-0.15, -0.1) is 0 Å². The van der Waals surface area contributed by atoms with Gasteiger partial charge in [0.05, 0.1) is 60.4 Å². The summed E-state index contributed by atoms with van der Waals surface area (Å²) in [5, 5.41) is 24.0. The zero-order valence-corrected chi connectivity index (χ0v) is 37.5. The molecule has 2 aliphatic heterocycles. The van der Waals surface area contributed by atoms with Crippen molar-refractivity contribution in [3.8, 4) is 16.9 Å². The first-order valence-electron chi connectivity index (χ1n) is 21.0. The van der Waals surface area contributed by atoms with Crippen LogP contribution in [-0.4, -0.2) is 93.3 Å². The zero-order chi connectivity index (χ0) is 43.3. The fraction of sp³-hybridized carbons (Fsp3) is 0.426. The van der Waals surface area contributed by atoms with Gasteiger partial charge in [0.15, 0.2) is 6.29 Å². The SMILES string of the molecule is COCCn1c(C(O)O)cc2cc(C)cc(N3C[C@@H](C)n4c(c(CCCOc5cc(C)c(Cl)c(C)c5)c5ccc(Cl)c(-c6c(C)nc(CN7CCOCC7)nc6C)c54)C3=O)c21. The molecule has 3 aromatic heterocycles. The van der Waals surface area contributed by atoms with E-state index < -0.39 is 6.29 Å². The number of morpholine rings is 1. The summed E-state index contributed by atoms with van der Waals surface area (Å²) in [6, 6.07) is 13.5. The lowest BCUT2D eigenvalue weighted by Crippen LogP contribution is -2.43. The maximum absolute atomic E-state index is 15.5. The number of aliphatic hydroxyl groups excluding tert-OH is 1. The number of aliphatic hydroxyl groups is 2. The van der Waals surface area contributed by atoms with E-state index in [0.29, 0.717) is 81.0 Å². The van der Waals surface area contributed by atoms with Crippen molar-refractivity contribution in [1.82, 2.24) is 24.0 Å². The second-order valence-electron chi connectivity index (χ2n) is 16.5. The second-order valence-corrected chi connectivity index (χ2v) is 17.3. The third kappa shape index (κ3) is 8.15. The Bertz CT molecular complexity index is 2600. The molecular weight excluding hydrogens is 815 g/mol. The highest BCUT2D eigenvalue weighted by atomic mass is 35.5. The Balaban J connectivity index is 1.27. The minimum absolute atomic E-state index is 0.153. The molecule has 5 heterocycles. The quantitative estimate of drug-likeness (QED) is 0.0867. The number of benzene rings is 3. The van der Waals surface area contributed by atoms with Crippen LogP contribution in [0.15, 0.2) is 42.5 Å². The monoisotopic (exact) mass is 868 g/mol. The number of hydrogen-bond donors (Lipinski definition) is 2. The van der Waals surface area contributed by atoms with E-state index in [1.807, 2.05) is 80.5 Å². The molecule has 6 aromatic rings. The molecule has 1 fully saturated rings. The molecule has 0 aliphatic carbocycles. The molecule has 3 aromatic carbocycles. The van der Waals surface area contributed by atoms with Crippen LogP contribution in [-0.2, 0) is 29.0 Å². The molecule has 1 atom stereocenters. The fourth-order valence-electron chi connectivity index (χ4n) is 9.38. The number of hydrogen-bond acceptors (Lipinski definition) is 9. The normalized spacial score (nSPS) is 16.1. The van der Waals surface area contributed by atoms with Gasteiger partial charge >= 0.3 is 0 Å². The van der Waals surface area contributed by atoms with Crippen LogP contribution in [0.3, 0.4) is 0 Å². The van der Waals surface area contributed by atoms with Gasteiger partial charge in [-0.1, -0.05) is 29.3 Å². The van der Waals surface area contributed by atoms with Crippen LogP contribution in [0.4, 0.5) is 5.69 Å². The number of carbonyl (C=O) groups is 1. The Kier molecular flexibility index (Phi) is 12.5. The first-order chi connectivity index (χ1) is 29.3. The molecule has 12 nitrogen and oxygen atoms in total. The van der Waals surface area contributed by atoms with Gasteiger partial charge in [-0.25, -0.2) is 9.97 Å². The van der Waals surface area contributed by atoms with E-state index in [1.165, 1.54) is 0 Å². The van der Waals surface area contributed by atoms with Crippen molar-refractivity contribution in [2.75, 3.05) is 58.1 Å². The van der Waals surface area contributed by atoms with E-state index in [9.17, 15) is 10.2 Å². The number of aromatic nitrogens is 4. The summed E-state index contributed by atoms with van der Waals surface area (Å²) >= 11 is 13.7. The molecule has 61 heavy (non-hydrogen) atoms. The molecule has 0 spiro atoms. The highest BCUT2D eigenvalue weighted by Crippen LogP contribution is 2.46. The van der Waals surface area contributed by atoms with Gasteiger partial charge in [0.2, 0.25) is 0 Å². The summed E-state index contributed by atoms with van der Waals surface area (Å²) < 4.78 is 21.3. The molecule has 14 heteroatoms. The summed E-state index contributed by atoms with van der Waals surface area (Å²) in [4.78, 5) is 29.7. The van der Waals surface area contributed by atoms with Crippen LogP contribution >= 0.6 is 23.2 Å². The predicted octanol–water partition coefficient (Wildman–Crippen LogP) is 8.60. The first kappa shape index (κ1) is 43.1. The highest BCUT2D eigenvalue weighted by molar-refractivity contribution is 6.35. The van der Waals surface area contributed by atoms with Crippen LogP contribution in [0.5, 0.6) is 5.75 Å². The molecule has 322 valence electrons. The summed E-state index contributed by atoms with van der Waals surface area (Å²) in [5.41, 5.74) is 10.3. The van der Waals surface area contributed by atoms with E-state index in [2.05, 4.69) is 16.4 Å². The molecule has 8 rings (SSSR count). The van der Waals surface area contributed by atoms with Gasteiger partial charge in [0.1, 0.15) is 17.3 Å². The lowest BCUT2D eigenvalue weighted by molar-refractivity contribution is -0.0484. The van der Waals surface area contributed by atoms with E-state index in [0.717, 1.165) is 96.3 Å². The van der Waals surface area contributed by atoms with Crippen LogP contribution in [0.2, 0.25) is 10.0 Å². The van der Waals surface area contributed by atoms with Crippen molar-refractivity contribution >= 4 is 56.6 Å². The van der Waals surface area contributed by atoms with Gasteiger partial charge < -0.3 is 38.5 Å². The number of carbonyl (C=O) groups excluding carboxylic acids is 1. The standard InChI is InChI=1S/C47H54Cl2N6O6/c1-26-19-32-23-38(47(57)58)53(14-16-59-7)43(32)37(20-26)54-24-29(4)55-44-35(34(45(55)46(54)56)9-8-15-61-33-21-27(2)42(49)28(3)22-33)10-11-36(48)41(44)40-30(5)50-39(51-31(40)6)25-52-12-17-60-18-13-52/h10-11,19-23,29,47,57-58H,8-9,12-18,24-25H2,1-7H3/t29-/m1/s1. The number of methoxy groups -OCH3 is 1. The Labute approximate surface area is 366 Å². The molecule has 2 aliphatic rings. The molecule has 0 saturated carbocycles. The smallest absolute Gasteiger partial charge is 0.275 e. The van der Waals surface area contributed by atoms with Crippen molar-refractivity contribution in [3.63, 3.8) is 0 Å². The van der Waals surface area contributed by atoms with Gasteiger partial charge in [-0.3, -0.25) is 9.69 Å². The van der Waals surface area contributed by atoms with Crippen LogP contribution in [0.25, 0.3) is 32.9 Å². The minimum atomic E-state index is -1.71. The van der Waals surface area contributed by atoms with Crippen LogP contribution in [0, 0.1) is 34.6 Å². The second kappa shape index (κ2) is 17.7. The summed E-state index contributed by atoms with van der Waals surface area (Å²) in [7, 11) is 1.61. The van der Waals surface area contributed by atoms with E-state index in [1.54, 1.807) is 13.2 Å². The third-order valence-corrected chi connectivity index (χ3v) is 13.0. The minimum Gasteiger partial charge on any atom is -0.494 e. The van der Waals surface area contributed by atoms with Crippen molar-refractivity contribution < 1.29 is 29.2 Å². The van der Waals surface area contributed by atoms with Crippen molar-refractivity contribution in [2.24, 2.45) is 0 Å². The Morgan fingerprint density at radius 3 is 2.30 bits per heavy atom. The lowest BCUT2D eigenvalue weighted by Gasteiger charge is -2.35. The van der Waals surface area contributed by atoms with Gasteiger partial charge in [0.25, 0.3) is 5.91 Å². The average Bonchev–Trinajstić information content (AvgIpc) is 3.76. The number of ether oxygens (including phenoxy) is 3. The maximum Gasteiger partial charge on any atom is 0.275 e. The molecule has 1 saturated heterocycles. The number of rotatable bonds is 13. The molecule has 2 N–H and O–H groups in total. The van der Waals surface area contributed by atoms with E-state index >= 15 is 4.79 Å². The van der Waals surface area contributed by atoms with Crippen LogP contribution < -0.4 is 9.64 Å². The molecule has 0 unspecified atom stereocenters. The highest BCUT2D eigenvalue weighted by Gasteiger charge is 2.38. The number of aryl methyl sites for hydroxylation is 6. The van der Waals surface area contributed by atoms with E-state index in [4.69, 9.17) is 47.4 Å². The largest absolute Gasteiger partial charge is 0.494 e. The Hall–Kier alpha value is -4.53. The van der Waals surface area contributed by atoms with Gasteiger partial charge in [-0.05, 0) is 113 Å². The number of amides is 1. The van der Waals surface area contributed by atoms with Gasteiger partial charge in [0, 0.05) is 77.6 Å². The number of halogens is 2. The summed E-state index contributed by atoms with van der Waals surface area (Å²) in [6.45, 7) is 17.3. The fourth-order valence-corrected chi connectivity index (χ4v) is 9.74. The molecule has 0 radical (unpaired) electrons. The molecule has 0 bridgehead atoms. The predicted molar refractivity (Wildman–Crippen MR) is 240 cm³/mol. The van der Waals surface area contributed by atoms with Crippen molar-refractivity contribution in [3.05, 3.63) is 103 Å². The lowest BCUT2D eigenvalue weighted by atomic mass is 9.97. The average molecular weight is 870 g/mol. The van der Waals surface area contributed by atoms with E-state index in [-0.39, 0.29) is 11.9 Å². The zero-order valence-electron chi connectivity index (χ0n) is 35.9. The number of nitrogens with zero attached hydrogens (tertiary/aromatic N) is 6. The summed E-state index contributed by atoms with van der Waals surface area (Å²) in [5.74, 6) is 1.35. The number of fused-ring (bicyclic) bond motifs is 4. The molecular formula is C47H54Cl2N6O6. The first-order valence-corrected chi connectivity index (χ1v) is 21.7. The topological polar surface area (TPSA) is 127 Å². The number of anilines is 1. The third-order valence-electron chi connectivity index (χ3n) is 12.1. The Morgan fingerprint density at radius 2 is 1.62 bits per heavy atom. The summed E-state index contributed by atoms with van der Waals surface area (Å²) in [6.07, 6.45) is -0.521. The van der Waals surface area contributed by atoms with Crippen molar-refractivity contribution in [1.29, 1.82) is 0 Å². The van der Waals surface area contributed by atoms with Gasteiger partial charge in [-0.2, -0.15) is 0 Å². The Morgan fingerprint density at radius 1 is 0.918 bits per heavy atom. The maximum atomic E-state index is 15.5. The molecule has 1 amide bonds.